The maximum atomic E-state index is 12.5. The third kappa shape index (κ3) is 4.15. The summed E-state index contributed by atoms with van der Waals surface area (Å²) in [4.78, 5) is 15.5. The fourth-order valence-corrected chi connectivity index (χ4v) is 2.55. The highest BCUT2D eigenvalue weighted by atomic mass is 35.5. The summed E-state index contributed by atoms with van der Waals surface area (Å²) >= 11 is 6.02. The highest BCUT2D eigenvalue weighted by Crippen LogP contribution is 2.31. The number of methoxy groups -OCH3 is 1. The standard InChI is InChI=1S/C20H22ClNO3/c1-6-20(3,4)18-17(24-5)12-16(25-19(18)23)13(2)8-7-9-15-14(21)10-11-22-15/h6-12,22H,1H2,2-5H3/b9-7+,13-8+. The van der Waals surface area contributed by atoms with Crippen molar-refractivity contribution in [3.8, 4) is 5.75 Å². The van der Waals surface area contributed by atoms with Gasteiger partial charge in [0.15, 0.2) is 0 Å². The summed E-state index contributed by atoms with van der Waals surface area (Å²) in [5.41, 5.74) is 1.08. The van der Waals surface area contributed by atoms with E-state index in [0.717, 1.165) is 11.3 Å². The summed E-state index contributed by atoms with van der Waals surface area (Å²) in [6.45, 7) is 9.42. The highest BCUT2D eigenvalue weighted by molar-refractivity contribution is 6.31. The lowest BCUT2D eigenvalue weighted by Crippen LogP contribution is -2.24. The van der Waals surface area contributed by atoms with Crippen LogP contribution < -0.4 is 10.4 Å². The van der Waals surface area contributed by atoms with E-state index >= 15 is 0 Å². The quantitative estimate of drug-likeness (QED) is 0.569. The van der Waals surface area contributed by atoms with Crippen molar-refractivity contribution in [3.63, 3.8) is 0 Å². The van der Waals surface area contributed by atoms with Gasteiger partial charge in [-0.3, -0.25) is 0 Å². The van der Waals surface area contributed by atoms with Crippen LogP contribution in [0, 0.1) is 0 Å². The SMILES string of the molecule is C=CC(C)(C)c1c(OC)cc(/C(C)=C/C=C/c2[nH]ccc2Cl)oc1=O. The van der Waals surface area contributed by atoms with Crippen LogP contribution in [0.2, 0.25) is 5.02 Å². The Morgan fingerprint density at radius 3 is 2.72 bits per heavy atom. The first-order valence-electron chi connectivity index (χ1n) is 7.84. The second kappa shape index (κ2) is 7.62. The predicted molar refractivity (Wildman–Crippen MR) is 103 cm³/mol. The van der Waals surface area contributed by atoms with Gasteiger partial charge in [-0.25, -0.2) is 4.79 Å². The smallest absolute Gasteiger partial charge is 0.344 e. The number of hydrogen-bond acceptors (Lipinski definition) is 3. The van der Waals surface area contributed by atoms with Gasteiger partial charge in [-0.05, 0) is 24.6 Å². The maximum Gasteiger partial charge on any atom is 0.344 e. The number of ether oxygens (including phenoxy) is 1. The molecule has 132 valence electrons. The van der Waals surface area contributed by atoms with Crippen LogP contribution in [-0.4, -0.2) is 12.1 Å². The van der Waals surface area contributed by atoms with E-state index in [2.05, 4.69) is 11.6 Å². The summed E-state index contributed by atoms with van der Waals surface area (Å²) in [6, 6.07) is 3.51. The van der Waals surface area contributed by atoms with Gasteiger partial charge in [-0.2, -0.15) is 0 Å². The van der Waals surface area contributed by atoms with E-state index in [9.17, 15) is 4.79 Å². The lowest BCUT2D eigenvalue weighted by molar-refractivity contribution is 0.380. The van der Waals surface area contributed by atoms with E-state index in [1.54, 1.807) is 24.4 Å². The minimum atomic E-state index is -0.549. The van der Waals surface area contributed by atoms with Crippen LogP contribution >= 0.6 is 11.6 Å². The van der Waals surface area contributed by atoms with E-state index in [-0.39, 0.29) is 0 Å². The van der Waals surface area contributed by atoms with E-state index in [1.807, 2.05) is 39.0 Å². The van der Waals surface area contributed by atoms with Crippen molar-refractivity contribution in [3.05, 3.63) is 75.6 Å². The van der Waals surface area contributed by atoms with Crippen molar-refractivity contribution in [2.45, 2.75) is 26.2 Å². The first kappa shape index (κ1) is 18.9. The summed E-state index contributed by atoms with van der Waals surface area (Å²) in [5.74, 6) is 0.938. The molecule has 0 saturated heterocycles. The Hall–Kier alpha value is -2.46. The second-order valence-electron chi connectivity index (χ2n) is 6.22. The van der Waals surface area contributed by atoms with Gasteiger partial charge < -0.3 is 14.1 Å². The van der Waals surface area contributed by atoms with Crippen LogP contribution in [0.1, 0.15) is 37.8 Å². The molecule has 0 spiro atoms. The molecular weight excluding hydrogens is 338 g/mol. The maximum absolute atomic E-state index is 12.5. The van der Waals surface area contributed by atoms with E-state index in [1.165, 1.54) is 7.11 Å². The zero-order valence-electron chi connectivity index (χ0n) is 14.9. The Labute approximate surface area is 152 Å². The van der Waals surface area contributed by atoms with Gasteiger partial charge >= 0.3 is 5.63 Å². The molecule has 0 amide bonds. The van der Waals surface area contributed by atoms with Gasteiger partial charge in [-0.15, -0.1) is 6.58 Å². The molecule has 0 unspecified atom stereocenters. The molecule has 2 aromatic heterocycles. The van der Waals surface area contributed by atoms with Crippen LogP contribution in [0.4, 0.5) is 0 Å². The molecule has 4 nitrogen and oxygen atoms in total. The van der Waals surface area contributed by atoms with E-state index < -0.39 is 11.0 Å². The summed E-state index contributed by atoms with van der Waals surface area (Å²) in [6.07, 6.45) is 8.99. The van der Waals surface area contributed by atoms with Crippen molar-refractivity contribution in [2.24, 2.45) is 0 Å². The van der Waals surface area contributed by atoms with Crippen LogP contribution in [0.25, 0.3) is 11.6 Å². The highest BCUT2D eigenvalue weighted by Gasteiger charge is 2.26. The minimum absolute atomic E-state index is 0.427. The number of aromatic amines is 1. The molecule has 2 heterocycles. The lowest BCUT2D eigenvalue weighted by Gasteiger charge is -2.21. The Bertz CT molecular complexity index is 885. The van der Waals surface area contributed by atoms with Crippen molar-refractivity contribution in [1.29, 1.82) is 0 Å². The molecule has 0 aliphatic carbocycles. The Balaban J connectivity index is 2.40. The Kier molecular flexibility index (Phi) is 5.75. The Morgan fingerprint density at radius 1 is 1.44 bits per heavy atom. The minimum Gasteiger partial charge on any atom is -0.496 e. The number of nitrogens with one attached hydrogen (secondary N) is 1. The molecule has 1 N–H and O–H groups in total. The molecular formula is C20H22ClNO3. The molecule has 5 heteroatoms. The van der Waals surface area contributed by atoms with E-state index in [0.29, 0.717) is 22.1 Å². The number of H-pyrrole nitrogens is 1. The number of allylic oxidation sites excluding steroid dienone is 4. The average Bonchev–Trinajstić information content (AvgIpc) is 2.98. The van der Waals surface area contributed by atoms with Crippen LogP contribution in [0.15, 0.2) is 52.3 Å². The molecule has 0 aliphatic heterocycles. The molecule has 0 radical (unpaired) electrons. The van der Waals surface area contributed by atoms with Crippen molar-refractivity contribution in [2.75, 3.05) is 7.11 Å². The second-order valence-corrected chi connectivity index (χ2v) is 6.62. The van der Waals surface area contributed by atoms with E-state index in [4.69, 9.17) is 20.8 Å². The third-order valence-electron chi connectivity index (χ3n) is 4.01. The number of aromatic nitrogens is 1. The van der Waals surface area contributed by atoms with Crippen molar-refractivity contribution < 1.29 is 9.15 Å². The molecule has 0 saturated carbocycles. The predicted octanol–water partition coefficient (Wildman–Crippen LogP) is 5.21. The largest absolute Gasteiger partial charge is 0.496 e. The molecule has 0 fully saturated rings. The molecule has 25 heavy (non-hydrogen) atoms. The van der Waals surface area contributed by atoms with Crippen LogP contribution in [-0.2, 0) is 5.41 Å². The average molecular weight is 360 g/mol. The fourth-order valence-electron chi connectivity index (χ4n) is 2.37. The van der Waals surface area contributed by atoms with Gasteiger partial charge in [-0.1, -0.05) is 43.7 Å². The van der Waals surface area contributed by atoms with Crippen LogP contribution in [0.3, 0.4) is 0 Å². The number of hydrogen-bond donors (Lipinski definition) is 1. The van der Waals surface area contributed by atoms with Gasteiger partial charge in [0.05, 0.1) is 23.4 Å². The molecule has 0 bridgehead atoms. The van der Waals surface area contributed by atoms with Gasteiger partial charge in [0, 0.05) is 17.7 Å². The van der Waals surface area contributed by atoms with Crippen molar-refractivity contribution in [1.82, 2.24) is 4.98 Å². The number of halogens is 1. The Morgan fingerprint density at radius 2 is 2.16 bits per heavy atom. The zero-order chi connectivity index (χ0) is 18.6. The molecule has 2 rings (SSSR count). The summed E-state index contributed by atoms with van der Waals surface area (Å²) in [5, 5.41) is 0.645. The third-order valence-corrected chi connectivity index (χ3v) is 4.34. The fraction of sp³-hybridized carbons (Fsp3) is 0.250. The zero-order valence-corrected chi connectivity index (χ0v) is 15.6. The number of rotatable bonds is 6. The normalized spacial score (nSPS) is 12.6. The van der Waals surface area contributed by atoms with Crippen LogP contribution in [0.5, 0.6) is 5.75 Å². The van der Waals surface area contributed by atoms with Gasteiger partial charge in [0.1, 0.15) is 11.5 Å². The van der Waals surface area contributed by atoms with Gasteiger partial charge in [0.25, 0.3) is 0 Å². The summed E-state index contributed by atoms with van der Waals surface area (Å²) < 4.78 is 10.9. The summed E-state index contributed by atoms with van der Waals surface area (Å²) in [7, 11) is 1.54. The first-order chi connectivity index (χ1) is 11.8. The lowest BCUT2D eigenvalue weighted by atomic mass is 9.85. The molecule has 2 aromatic rings. The topological polar surface area (TPSA) is 55.2 Å². The molecule has 0 atom stereocenters. The van der Waals surface area contributed by atoms with Crippen molar-refractivity contribution >= 4 is 23.3 Å². The monoisotopic (exact) mass is 359 g/mol. The molecule has 0 aliphatic rings. The molecule has 0 aromatic carbocycles. The van der Waals surface area contributed by atoms with Gasteiger partial charge in [0.2, 0.25) is 0 Å². The first-order valence-corrected chi connectivity index (χ1v) is 8.22.